The molecule has 0 fully saturated rings. The van der Waals surface area contributed by atoms with E-state index < -0.39 is 0 Å². The Morgan fingerprint density at radius 3 is 1.16 bits per heavy atom. The number of nitrogens with two attached hydrogens (primary N) is 2. The van der Waals surface area contributed by atoms with Crippen LogP contribution in [-0.4, -0.2) is 89.7 Å². The number of hydrogen-bond donors (Lipinski definition) is 12. The number of nitrogens with zero attached hydrogens (tertiary/aromatic N) is 2. The van der Waals surface area contributed by atoms with Gasteiger partial charge in [-0.25, -0.2) is 9.97 Å². The van der Waals surface area contributed by atoms with E-state index in [0.29, 0.717) is 95.7 Å². The number of aromatic nitrogens is 8. The fourth-order valence-electron chi connectivity index (χ4n) is 7.58. The van der Waals surface area contributed by atoms with Gasteiger partial charge in [-0.2, -0.15) is 0 Å². The molecule has 0 saturated carbocycles. The average Bonchev–Trinajstić information content (AvgIpc) is 4.11. The Balaban J connectivity index is 0.000000187. The van der Waals surface area contributed by atoms with E-state index in [1.165, 1.54) is 0 Å². The van der Waals surface area contributed by atoms with E-state index in [1.54, 1.807) is 36.7 Å². The van der Waals surface area contributed by atoms with Crippen LogP contribution in [0.15, 0.2) is 63.8 Å². The first-order valence-electron chi connectivity index (χ1n) is 19.1. The third kappa shape index (κ3) is 11.3. The Hall–Kier alpha value is -4.10. The fourth-order valence-corrected chi connectivity index (χ4v) is 9.58. The molecule has 4 atom stereocenters. The smallest absolute Gasteiger partial charge is 0.267 e. The monoisotopic (exact) mass is 1230 g/mol. The van der Waals surface area contributed by atoms with Gasteiger partial charge < -0.3 is 62.6 Å². The number of halogens is 6. The van der Waals surface area contributed by atoms with Gasteiger partial charge in [-0.05, 0) is 169 Å². The molecule has 6 aromatic rings. The fraction of sp³-hybridized carbons (Fsp3) is 0.316. The summed E-state index contributed by atoms with van der Waals surface area (Å²) in [7, 11) is 0. The van der Waals surface area contributed by atoms with E-state index in [4.69, 9.17) is 11.5 Å². The van der Waals surface area contributed by atoms with Crippen molar-refractivity contribution in [3.63, 3.8) is 0 Å². The van der Waals surface area contributed by atoms with E-state index in [1.807, 2.05) is 0 Å². The zero-order chi connectivity index (χ0) is 44.2. The second-order valence-corrected chi connectivity index (χ2v) is 20.1. The molecule has 24 heteroatoms. The van der Waals surface area contributed by atoms with Gasteiger partial charge in [0.2, 0.25) is 0 Å². The molecule has 0 saturated heterocycles. The van der Waals surface area contributed by atoms with Gasteiger partial charge in [0.25, 0.3) is 23.6 Å². The van der Waals surface area contributed by atoms with Crippen LogP contribution in [0.25, 0.3) is 0 Å². The number of fused-ring (bicyclic) bond motifs is 2. The maximum atomic E-state index is 12.6. The minimum absolute atomic E-state index is 0.0819. The second kappa shape index (κ2) is 20.2. The molecule has 6 heterocycles. The maximum Gasteiger partial charge on any atom is 0.267 e. The molecule has 0 spiro atoms. The first-order chi connectivity index (χ1) is 29.6. The zero-order valence-corrected chi connectivity index (χ0v) is 41.9. The van der Waals surface area contributed by atoms with E-state index in [9.17, 15) is 19.2 Å². The van der Waals surface area contributed by atoms with Crippen molar-refractivity contribution in [2.75, 3.05) is 37.6 Å². The van der Waals surface area contributed by atoms with Crippen LogP contribution in [0, 0.1) is 23.7 Å². The lowest BCUT2D eigenvalue weighted by Crippen LogP contribution is -2.42. The minimum atomic E-state index is -0.201. The number of hydrogen-bond acceptors (Lipinski definition) is 8. The first kappa shape index (κ1) is 45.9. The lowest BCUT2D eigenvalue weighted by atomic mass is 9.79. The molecular weight excluding hydrogens is 1200 g/mol. The summed E-state index contributed by atoms with van der Waals surface area (Å²) < 4.78 is 4.61. The third-order valence-corrected chi connectivity index (χ3v) is 15.2. The molecule has 14 N–H and O–H groups in total. The van der Waals surface area contributed by atoms with Gasteiger partial charge in [-0.15, -0.1) is 0 Å². The summed E-state index contributed by atoms with van der Waals surface area (Å²) in [4.78, 5) is 76.8. The largest absolute Gasteiger partial charge is 0.369 e. The summed E-state index contributed by atoms with van der Waals surface area (Å²) >= 11 is 20.1. The van der Waals surface area contributed by atoms with Crippen molar-refractivity contribution in [1.82, 2.24) is 61.1 Å². The van der Waals surface area contributed by atoms with Crippen LogP contribution in [0.1, 0.15) is 64.7 Å². The highest BCUT2D eigenvalue weighted by atomic mass is 79.9. The Morgan fingerprint density at radius 1 is 0.516 bits per heavy atom. The van der Waals surface area contributed by atoms with Gasteiger partial charge in [0.05, 0.1) is 29.5 Å². The molecule has 0 aromatic carbocycles. The van der Waals surface area contributed by atoms with E-state index in [-0.39, 0.29) is 47.3 Å². The third-order valence-electron chi connectivity index (χ3n) is 10.8. The maximum absolute atomic E-state index is 12.6. The summed E-state index contributed by atoms with van der Waals surface area (Å²) in [6, 6.07) is 6.90. The van der Waals surface area contributed by atoms with Gasteiger partial charge >= 0.3 is 0 Å². The van der Waals surface area contributed by atoms with Crippen molar-refractivity contribution < 1.29 is 19.2 Å². The number of amides is 4. The molecule has 328 valence electrons. The van der Waals surface area contributed by atoms with Crippen LogP contribution < -0.4 is 32.7 Å². The summed E-state index contributed by atoms with van der Waals surface area (Å²) in [5.41, 5.74) is 17.4. The molecule has 8 rings (SSSR count). The number of nitrogen functional groups attached to an aromatic ring is 2. The van der Waals surface area contributed by atoms with Gasteiger partial charge in [-0.3, -0.25) is 19.2 Å². The number of anilines is 2. The summed E-state index contributed by atoms with van der Waals surface area (Å²) in [5, 5.41) is 12.0. The molecule has 4 amide bonds. The number of rotatable bonds is 12. The van der Waals surface area contributed by atoms with Crippen LogP contribution in [-0.2, 0) is 25.7 Å². The first-order valence-corrected chi connectivity index (χ1v) is 23.9. The molecule has 0 bridgehead atoms. The predicted octanol–water partition coefficient (Wildman–Crippen LogP) is 6.25. The van der Waals surface area contributed by atoms with Crippen LogP contribution >= 0.6 is 95.6 Å². The summed E-state index contributed by atoms with van der Waals surface area (Å²) in [6.07, 6.45) is 6.13. The number of nitrogens with one attached hydrogen (secondary N) is 10. The van der Waals surface area contributed by atoms with Crippen molar-refractivity contribution >= 4 is 131 Å². The van der Waals surface area contributed by atoms with Crippen molar-refractivity contribution in [2.45, 2.75) is 25.7 Å². The lowest BCUT2D eigenvalue weighted by molar-refractivity contribution is 0.0911. The highest BCUT2D eigenvalue weighted by Crippen LogP contribution is 2.31. The van der Waals surface area contributed by atoms with E-state index >= 15 is 0 Å². The molecule has 18 nitrogen and oxygen atoms in total. The summed E-state index contributed by atoms with van der Waals surface area (Å²) in [6.45, 7) is 1.84. The lowest BCUT2D eigenvalue weighted by Gasteiger charge is -2.31. The van der Waals surface area contributed by atoms with Gasteiger partial charge in [-0.1, -0.05) is 0 Å². The van der Waals surface area contributed by atoms with Gasteiger partial charge in [0.15, 0.2) is 11.9 Å². The number of imidazole rings is 2. The average molecular weight is 1240 g/mol. The molecule has 6 aromatic heterocycles. The Labute approximate surface area is 404 Å². The topological polar surface area (TPSA) is 289 Å². The highest BCUT2D eigenvalue weighted by Gasteiger charge is 2.33. The van der Waals surface area contributed by atoms with Gasteiger partial charge in [0, 0.05) is 58.9 Å². The van der Waals surface area contributed by atoms with Crippen molar-refractivity contribution in [3.05, 3.63) is 109 Å². The number of aromatic amines is 6. The Kier molecular flexibility index (Phi) is 14.9. The van der Waals surface area contributed by atoms with Crippen molar-refractivity contribution in [1.29, 1.82) is 0 Å². The van der Waals surface area contributed by atoms with Crippen molar-refractivity contribution in [2.24, 2.45) is 23.7 Å². The molecule has 0 aliphatic heterocycles. The Morgan fingerprint density at radius 2 is 0.855 bits per heavy atom. The zero-order valence-electron chi connectivity index (χ0n) is 32.4. The second-order valence-electron chi connectivity index (χ2n) is 14.9. The minimum Gasteiger partial charge on any atom is -0.369 e. The van der Waals surface area contributed by atoms with E-state index in [2.05, 4.69) is 157 Å². The molecule has 0 radical (unpaired) electrons. The molecular formula is C38H40Br6N14O4. The number of carbonyl (C=O) groups is 4. The summed E-state index contributed by atoms with van der Waals surface area (Å²) in [5.74, 6) is 0.427. The van der Waals surface area contributed by atoms with Crippen LogP contribution in [0.4, 0.5) is 11.9 Å². The van der Waals surface area contributed by atoms with Crippen LogP contribution in [0.3, 0.4) is 0 Å². The normalized spacial score (nSPS) is 17.9. The quantitative estimate of drug-likeness (QED) is 0.0663. The molecule has 2 aliphatic rings. The van der Waals surface area contributed by atoms with Gasteiger partial charge in [0.1, 0.15) is 22.8 Å². The standard InChI is InChI=1S/C19H19Br4N7O2.C19H21Br2N7O2/c20-9-3-13(27-15(9)22)17(31)25-5-7-1-11-12(30-19(24)29-11)2-8(7)6-26-18(32)14-4-10(21)16(23)28-14;20-11-3-15(23-7-11)17(29)25-5-9-1-13-14(28-19(22)27-13)2-10(9)6-26-18(30)16-4-12(21)8-24-16/h3-4,7-8,27-28H,1-2,5-6H2,(H,25,31)(H,26,32)(H3,24,29,30);3-4,7-10,23-24H,1-2,5-6H2,(H,25,29)(H,26,30)(H3,22,27,28)/t7-,8-;9-,10-/m00/s1. The number of H-pyrrole nitrogens is 6. The van der Waals surface area contributed by atoms with Crippen LogP contribution in [0.2, 0.25) is 0 Å². The van der Waals surface area contributed by atoms with Crippen LogP contribution in [0.5, 0.6) is 0 Å². The number of carbonyl (C=O) groups excluding carboxylic acids is 4. The predicted molar refractivity (Wildman–Crippen MR) is 253 cm³/mol. The Bertz CT molecular complexity index is 2380. The molecule has 2 aliphatic carbocycles. The highest BCUT2D eigenvalue weighted by molar-refractivity contribution is 9.13. The molecule has 0 unspecified atom stereocenters. The SMILES string of the molecule is Nc1nc2c([nH]1)C[C@@H](CNC(=O)c1cc(Br)c(Br)[nH]1)[C@H](CNC(=O)c1cc(Br)c(Br)[nH]1)C2.Nc1nc2c([nH]1)C[C@@H](CNC(=O)c1cc(Br)c[nH]1)[C@H](CNC(=O)c1cc(Br)c[nH]1)C2. The molecule has 62 heavy (non-hydrogen) atoms. The van der Waals surface area contributed by atoms with Crippen molar-refractivity contribution in [3.8, 4) is 0 Å². The van der Waals surface area contributed by atoms with E-state index in [0.717, 1.165) is 40.7 Å².